The molecule has 0 aromatic carbocycles. The minimum atomic E-state index is -1.52. The summed E-state index contributed by atoms with van der Waals surface area (Å²) in [5, 5.41) is 26.3. The van der Waals surface area contributed by atoms with E-state index in [2.05, 4.69) is 0 Å². The first kappa shape index (κ1) is 11.3. The fourth-order valence-electron chi connectivity index (χ4n) is 0.659. The number of carbonyl (C=O) groups is 1. The second-order valence-electron chi connectivity index (χ2n) is 2.82. The van der Waals surface area contributed by atoms with Crippen molar-refractivity contribution in [2.24, 2.45) is 0 Å². The van der Waals surface area contributed by atoms with Gasteiger partial charge < -0.3 is 15.3 Å². The smallest absolute Gasteiger partial charge is 0.186 e. The Kier molecular flexibility index (Phi) is 4.73. The van der Waals surface area contributed by atoms with Gasteiger partial charge in [-0.3, -0.25) is 4.79 Å². The van der Waals surface area contributed by atoms with E-state index in [-0.39, 0.29) is 0 Å². The Labute approximate surface area is 71.1 Å². The Balaban J connectivity index is 4.20. The van der Waals surface area contributed by atoms with Crippen LogP contribution in [-0.4, -0.2) is 39.9 Å². The zero-order chi connectivity index (χ0) is 9.72. The second kappa shape index (κ2) is 5.03. The summed E-state index contributed by atoms with van der Waals surface area (Å²) < 4.78 is 0. The van der Waals surface area contributed by atoms with E-state index in [0.717, 1.165) is 5.57 Å². The molecule has 0 aliphatic heterocycles. The Morgan fingerprint density at radius 1 is 1.42 bits per heavy atom. The molecular weight excluding hydrogens is 160 g/mol. The summed E-state index contributed by atoms with van der Waals surface area (Å²) in [5.74, 6) is -0.587. The average Bonchev–Trinajstić information content (AvgIpc) is 2.00. The van der Waals surface area contributed by atoms with E-state index in [9.17, 15) is 4.79 Å². The van der Waals surface area contributed by atoms with E-state index in [0.29, 0.717) is 0 Å². The normalized spacial score (nSPS) is 15.1. The fraction of sp³-hybridized carbons (Fsp3) is 0.625. The van der Waals surface area contributed by atoms with E-state index >= 15 is 0 Å². The molecule has 0 radical (unpaired) electrons. The van der Waals surface area contributed by atoms with Gasteiger partial charge in [-0.2, -0.15) is 0 Å². The molecule has 0 rings (SSSR count). The molecule has 12 heavy (non-hydrogen) atoms. The predicted octanol–water partition coefficient (Wildman–Crippen LogP) is -0.764. The first-order valence-electron chi connectivity index (χ1n) is 3.64. The highest BCUT2D eigenvalue weighted by Crippen LogP contribution is 1.98. The number of carbonyl (C=O) groups excluding carboxylic acids is 1. The van der Waals surface area contributed by atoms with Crippen LogP contribution < -0.4 is 0 Å². The molecule has 2 unspecified atom stereocenters. The Morgan fingerprint density at radius 3 is 2.25 bits per heavy atom. The van der Waals surface area contributed by atoms with Crippen molar-refractivity contribution < 1.29 is 20.1 Å². The number of ketones is 1. The lowest BCUT2D eigenvalue weighted by Gasteiger charge is -2.11. The third-order valence-electron chi connectivity index (χ3n) is 1.27. The molecule has 0 fully saturated rings. The summed E-state index contributed by atoms with van der Waals surface area (Å²) in [5.41, 5.74) is 0.740. The molecule has 0 bridgehead atoms. The molecule has 4 heteroatoms. The molecule has 2 atom stereocenters. The van der Waals surface area contributed by atoms with Gasteiger partial charge in [-0.05, 0) is 19.9 Å². The van der Waals surface area contributed by atoms with Crippen molar-refractivity contribution in [1.82, 2.24) is 0 Å². The maximum absolute atomic E-state index is 11.0. The van der Waals surface area contributed by atoms with Crippen LogP contribution in [0.5, 0.6) is 0 Å². The summed E-state index contributed by atoms with van der Waals surface area (Å²) >= 11 is 0. The molecule has 0 saturated carbocycles. The third-order valence-corrected chi connectivity index (χ3v) is 1.27. The molecule has 0 saturated heterocycles. The lowest BCUT2D eigenvalue weighted by molar-refractivity contribution is -0.129. The van der Waals surface area contributed by atoms with Crippen molar-refractivity contribution in [2.75, 3.05) is 6.61 Å². The lowest BCUT2D eigenvalue weighted by atomic mass is 10.1. The van der Waals surface area contributed by atoms with Crippen LogP contribution in [0.25, 0.3) is 0 Å². The van der Waals surface area contributed by atoms with Crippen molar-refractivity contribution in [1.29, 1.82) is 0 Å². The van der Waals surface area contributed by atoms with E-state index in [1.807, 2.05) is 0 Å². The van der Waals surface area contributed by atoms with Crippen LogP contribution >= 0.6 is 0 Å². The zero-order valence-electron chi connectivity index (χ0n) is 7.19. The van der Waals surface area contributed by atoms with Gasteiger partial charge in [0.15, 0.2) is 5.78 Å². The minimum Gasteiger partial charge on any atom is -0.394 e. The summed E-state index contributed by atoms with van der Waals surface area (Å²) in [4.78, 5) is 11.0. The van der Waals surface area contributed by atoms with Crippen molar-refractivity contribution in [3.63, 3.8) is 0 Å². The molecule has 0 aliphatic carbocycles. The van der Waals surface area contributed by atoms with Crippen LogP contribution in [0.3, 0.4) is 0 Å². The van der Waals surface area contributed by atoms with Gasteiger partial charge >= 0.3 is 0 Å². The van der Waals surface area contributed by atoms with Crippen LogP contribution in [0.15, 0.2) is 11.6 Å². The van der Waals surface area contributed by atoms with Crippen LogP contribution in [-0.2, 0) is 4.79 Å². The van der Waals surface area contributed by atoms with Crippen molar-refractivity contribution >= 4 is 5.78 Å². The third kappa shape index (κ3) is 3.61. The molecule has 0 amide bonds. The van der Waals surface area contributed by atoms with E-state index in [1.54, 1.807) is 13.8 Å². The van der Waals surface area contributed by atoms with Crippen LogP contribution in [0, 0.1) is 0 Å². The number of allylic oxidation sites excluding steroid dienone is 1. The lowest BCUT2D eigenvalue weighted by Crippen LogP contribution is -2.35. The highest BCUT2D eigenvalue weighted by Gasteiger charge is 2.21. The molecule has 0 aromatic rings. The zero-order valence-corrected chi connectivity index (χ0v) is 7.19. The summed E-state index contributed by atoms with van der Waals surface area (Å²) in [6.45, 7) is 2.79. The van der Waals surface area contributed by atoms with E-state index < -0.39 is 24.6 Å². The molecule has 70 valence electrons. The largest absolute Gasteiger partial charge is 0.394 e. The molecule has 0 heterocycles. The van der Waals surface area contributed by atoms with Crippen molar-refractivity contribution in [2.45, 2.75) is 26.1 Å². The first-order valence-corrected chi connectivity index (χ1v) is 3.64. The molecule has 4 nitrogen and oxygen atoms in total. The Bertz CT molecular complexity index is 181. The van der Waals surface area contributed by atoms with Crippen LogP contribution in [0.4, 0.5) is 0 Å². The minimum absolute atomic E-state index is 0.587. The standard InChI is InChI=1S/C8H14O4/c1-5(2)3-6(10)8(12)7(11)4-9/h3,7-9,11-12H,4H2,1-2H3. The first-order chi connectivity index (χ1) is 5.49. The van der Waals surface area contributed by atoms with Crippen molar-refractivity contribution in [3.8, 4) is 0 Å². The summed E-state index contributed by atoms with van der Waals surface area (Å²) in [6.07, 6.45) is -1.69. The van der Waals surface area contributed by atoms with Gasteiger partial charge in [0.2, 0.25) is 0 Å². The maximum atomic E-state index is 11.0. The van der Waals surface area contributed by atoms with E-state index in [4.69, 9.17) is 15.3 Å². The van der Waals surface area contributed by atoms with Crippen molar-refractivity contribution in [3.05, 3.63) is 11.6 Å². The summed E-state index contributed by atoms with van der Waals surface area (Å²) in [6, 6.07) is 0. The highest BCUT2D eigenvalue weighted by molar-refractivity contribution is 5.94. The maximum Gasteiger partial charge on any atom is 0.186 e. The summed E-state index contributed by atoms with van der Waals surface area (Å²) in [7, 11) is 0. The van der Waals surface area contributed by atoms with Gasteiger partial charge in [-0.1, -0.05) is 5.57 Å². The van der Waals surface area contributed by atoms with Crippen LogP contribution in [0.1, 0.15) is 13.8 Å². The van der Waals surface area contributed by atoms with E-state index in [1.165, 1.54) is 6.08 Å². The van der Waals surface area contributed by atoms with Gasteiger partial charge in [-0.25, -0.2) is 0 Å². The van der Waals surface area contributed by atoms with Gasteiger partial charge in [0.25, 0.3) is 0 Å². The number of hydrogen-bond donors (Lipinski definition) is 3. The Hall–Kier alpha value is -0.710. The molecule has 0 aromatic heterocycles. The number of hydrogen-bond acceptors (Lipinski definition) is 4. The fourth-order valence-corrected chi connectivity index (χ4v) is 0.659. The number of rotatable bonds is 4. The monoisotopic (exact) mass is 174 g/mol. The number of aliphatic hydroxyl groups excluding tert-OH is 3. The predicted molar refractivity (Wildman–Crippen MR) is 43.5 cm³/mol. The van der Waals surface area contributed by atoms with Gasteiger partial charge in [0.05, 0.1) is 6.61 Å². The van der Waals surface area contributed by atoms with Gasteiger partial charge in [-0.15, -0.1) is 0 Å². The molecule has 0 aliphatic rings. The molecular formula is C8H14O4. The number of aliphatic hydroxyl groups is 3. The highest BCUT2D eigenvalue weighted by atomic mass is 16.4. The van der Waals surface area contributed by atoms with Crippen LogP contribution in [0.2, 0.25) is 0 Å². The topological polar surface area (TPSA) is 77.8 Å². The Morgan fingerprint density at radius 2 is 1.92 bits per heavy atom. The quantitative estimate of drug-likeness (QED) is 0.489. The van der Waals surface area contributed by atoms with Gasteiger partial charge in [0.1, 0.15) is 12.2 Å². The molecule has 3 N–H and O–H groups in total. The average molecular weight is 174 g/mol. The van der Waals surface area contributed by atoms with Gasteiger partial charge in [0, 0.05) is 0 Å². The second-order valence-corrected chi connectivity index (χ2v) is 2.82. The SMILES string of the molecule is CC(C)=CC(=O)C(O)C(O)CO. The molecule has 0 spiro atoms.